The van der Waals surface area contributed by atoms with Gasteiger partial charge in [-0.1, -0.05) is 67.1 Å². The van der Waals surface area contributed by atoms with Crippen molar-refractivity contribution < 1.29 is 23.1 Å². The first kappa shape index (κ1) is 39.1. The maximum atomic E-state index is 14.3. The Morgan fingerprint density at radius 3 is 2.40 bits per heavy atom. The number of hydrogen-bond acceptors (Lipinski definition) is 3. The number of nitrogens with one attached hydrogen (secondary N) is 2. The van der Waals surface area contributed by atoms with Crippen molar-refractivity contribution in [2.75, 3.05) is 6.61 Å². The van der Waals surface area contributed by atoms with E-state index in [9.17, 15) is 18.4 Å². The van der Waals surface area contributed by atoms with Crippen LogP contribution in [0.3, 0.4) is 0 Å². The minimum atomic E-state index is -0.406. The number of aromatic amines is 2. The maximum Gasteiger partial charge on any atom is 0.163 e. The van der Waals surface area contributed by atoms with Crippen molar-refractivity contribution in [2.24, 2.45) is 0 Å². The van der Waals surface area contributed by atoms with Crippen LogP contribution in [-0.4, -0.2) is 28.1 Å². The molecule has 0 atom stereocenters. The molecule has 7 aromatic rings. The summed E-state index contributed by atoms with van der Waals surface area (Å²) in [5.41, 5.74) is 11.2. The lowest BCUT2D eigenvalue weighted by atomic mass is 9.87. The number of hydrogen-bond donors (Lipinski definition) is 2. The number of carbonyl (C=O) groups is 2. The van der Waals surface area contributed by atoms with Gasteiger partial charge in [0.2, 0.25) is 0 Å². The van der Waals surface area contributed by atoms with Crippen molar-refractivity contribution in [3.63, 3.8) is 0 Å². The average Bonchev–Trinajstić information content (AvgIpc) is 3.81. The van der Waals surface area contributed by atoms with E-state index in [1.807, 2.05) is 30.5 Å². The normalized spacial score (nSPS) is 13.2. The van der Waals surface area contributed by atoms with Gasteiger partial charge in [-0.3, -0.25) is 9.59 Å². The third kappa shape index (κ3) is 8.41. The molecule has 0 bridgehead atoms. The van der Waals surface area contributed by atoms with E-state index in [-0.39, 0.29) is 17.4 Å². The van der Waals surface area contributed by atoms with Gasteiger partial charge in [0, 0.05) is 53.1 Å². The van der Waals surface area contributed by atoms with Crippen LogP contribution in [0, 0.1) is 11.6 Å². The van der Waals surface area contributed by atoms with Gasteiger partial charge >= 0.3 is 0 Å². The first-order valence-corrected chi connectivity index (χ1v) is 20.6. The Balaban J connectivity index is 0.828. The number of ether oxygens (including phenoxy) is 1. The minimum absolute atomic E-state index is 0.00669. The second-order valence-electron chi connectivity index (χ2n) is 15.2. The van der Waals surface area contributed by atoms with Crippen LogP contribution in [-0.2, 0) is 17.6 Å². The number of ketones is 2. The largest absolute Gasteiger partial charge is 0.494 e. The predicted molar refractivity (Wildman–Crippen MR) is 231 cm³/mol. The van der Waals surface area contributed by atoms with Crippen LogP contribution in [0.4, 0.5) is 8.78 Å². The standard InChI is InChI=1S/C50H45ClF2N2O3/c1-2-40(41-22-18-36(52)29-44(41)51)48(35-17-23-45-34(27-35)24-25-54-45)32-15-20-39(21-16-32)58-26-5-3-4-7-38(56)19-12-31-10-13-33(14-11-31)50-42-8-6-9-47(57)43-28-37(53)30-46(55-50)49(42)43/h10-11,13-18,20-25,27-30,54-55H,2-9,12,19,26H2,1H3/b48-40+. The number of Topliss-reactive ketones (excluding diaryl/α,β-unsaturated/α-hetero) is 2. The molecular weight excluding hydrogens is 750 g/mol. The third-order valence-corrected chi connectivity index (χ3v) is 11.6. The molecule has 58 heavy (non-hydrogen) atoms. The first-order chi connectivity index (χ1) is 28.2. The lowest BCUT2D eigenvalue weighted by molar-refractivity contribution is -0.119. The number of aryl methyl sites for hydroxylation is 2. The van der Waals surface area contributed by atoms with Crippen LogP contribution in [0.5, 0.6) is 5.75 Å². The molecule has 0 aliphatic heterocycles. The highest BCUT2D eigenvalue weighted by atomic mass is 35.5. The number of aromatic nitrogens is 2. The Bertz CT molecular complexity index is 2650. The Morgan fingerprint density at radius 2 is 1.60 bits per heavy atom. The van der Waals surface area contributed by atoms with Gasteiger partial charge in [-0.2, -0.15) is 0 Å². The smallest absolute Gasteiger partial charge is 0.163 e. The van der Waals surface area contributed by atoms with Gasteiger partial charge in [0.15, 0.2) is 5.78 Å². The van der Waals surface area contributed by atoms with E-state index in [1.54, 1.807) is 6.07 Å². The van der Waals surface area contributed by atoms with Crippen LogP contribution in [0.1, 0.15) is 96.5 Å². The molecule has 1 aliphatic rings. The molecule has 1 aliphatic carbocycles. The van der Waals surface area contributed by atoms with Crippen molar-refractivity contribution >= 4 is 56.1 Å². The molecule has 8 heteroatoms. The van der Waals surface area contributed by atoms with Crippen LogP contribution in [0.15, 0.2) is 109 Å². The summed E-state index contributed by atoms with van der Waals surface area (Å²) < 4.78 is 34.4. The fraction of sp³-hybridized carbons (Fsp3) is 0.240. The SMILES string of the molecule is CC/C(=C(/c1ccc(OCCCCCC(=O)CCc2ccc(-c3[nH]c4cc(F)cc5c4c3CCCC5=O)cc2)cc1)c1ccc2[nH]ccc2c1)c1ccc(F)cc1Cl. The third-order valence-electron chi connectivity index (χ3n) is 11.3. The Morgan fingerprint density at radius 1 is 0.793 bits per heavy atom. The molecule has 5 nitrogen and oxygen atoms in total. The number of rotatable bonds is 15. The highest BCUT2D eigenvalue weighted by Gasteiger charge is 2.24. The van der Waals surface area contributed by atoms with Crippen LogP contribution >= 0.6 is 11.6 Å². The Hall–Kier alpha value is -5.79. The molecule has 0 amide bonds. The number of H-pyrrole nitrogens is 2. The molecule has 0 radical (unpaired) electrons. The molecule has 0 unspecified atom stereocenters. The number of carbonyl (C=O) groups excluding carboxylic acids is 2. The summed E-state index contributed by atoms with van der Waals surface area (Å²) in [4.78, 5) is 32.1. The van der Waals surface area contributed by atoms with Crippen molar-refractivity contribution in [3.05, 3.63) is 159 Å². The Labute approximate surface area is 342 Å². The second kappa shape index (κ2) is 17.4. The highest BCUT2D eigenvalue weighted by Crippen LogP contribution is 2.40. The second-order valence-corrected chi connectivity index (χ2v) is 15.6. The molecule has 8 rings (SSSR count). The fourth-order valence-corrected chi connectivity index (χ4v) is 8.64. The monoisotopic (exact) mass is 794 g/mol. The van der Waals surface area contributed by atoms with E-state index in [2.05, 4.69) is 65.4 Å². The topological polar surface area (TPSA) is 75.0 Å². The number of benzene rings is 5. The molecule has 2 aromatic heterocycles. The van der Waals surface area contributed by atoms with E-state index in [1.165, 1.54) is 24.3 Å². The molecule has 0 fully saturated rings. The summed E-state index contributed by atoms with van der Waals surface area (Å²) in [5, 5.41) is 2.33. The first-order valence-electron chi connectivity index (χ1n) is 20.2. The summed E-state index contributed by atoms with van der Waals surface area (Å²) >= 11 is 6.60. The lowest BCUT2D eigenvalue weighted by Gasteiger charge is -2.18. The number of unbranched alkanes of at least 4 members (excludes halogenated alkanes) is 2. The van der Waals surface area contributed by atoms with Crippen LogP contribution < -0.4 is 4.74 Å². The van der Waals surface area contributed by atoms with Crippen LogP contribution in [0.2, 0.25) is 5.02 Å². The average molecular weight is 795 g/mol. The molecule has 0 saturated heterocycles. The maximum absolute atomic E-state index is 14.3. The molecule has 0 saturated carbocycles. The summed E-state index contributed by atoms with van der Waals surface area (Å²) in [6, 6.07) is 32.1. The van der Waals surface area contributed by atoms with E-state index in [4.69, 9.17) is 16.3 Å². The van der Waals surface area contributed by atoms with Gasteiger partial charge in [0.25, 0.3) is 0 Å². The zero-order chi connectivity index (χ0) is 40.2. The van der Waals surface area contributed by atoms with Gasteiger partial charge in [0.05, 0.1) is 11.6 Å². The fourth-order valence-electron chi connectivity index (χ4n) is 8.36. The number of fused-ring (bicyclic) bond motifs is 1. The van der Waals surface area contributed by atoms with E-state index in [0.717, 1.165) is 104 Å². The molecule has 294 valence electrons. The van der Waals surface area contributed by atoms with E-state index in [0.29, 0.717) is 54.8 Å². The number of halogens is 3. The zero-order valence-corrected chi connectivity index (χ0v) is 33.3. The van der Waals surface area contributed by atoms with Gasteiger partial charge in [-0.25, -0.2) is 8.78 Å². The van der Waals surface area contributed by atoms with Gasteiger partial charge in [-0.15, -0.1) is 0 Å². The summed E-state index contributed by atoms with van der Waals surface area (Å²) in [7, 11) is 0. The van der Waals surface area contributed by atoms with Crippen molar-refractivity contribution in [1.82, 2.24) is 9.97 Å². The van der Waals surface area contributed by atoms with Gasteiger partial charge in [0.1, 0.15) is 23.2 Å². The lowest BCUT2D eigenvalue weighted by Crippen LogP contribution is -2.02. The quantitative estimate of drug-likeness (QED) is 0.0802. The van der Waals surface area contributed by atoms with Gasteiger partial charge < -0.3 is 14.7 Å². The summed E-state index contributed by atoms with van der Waals surface area (Å²) in [6.45, 7) is 2.64. The summed E-state index contributed by atoms with van der Waals surface area (Å²) in [6.07, 6.45) is 8.83. The Kier molecular flexibility index (Phi) is 11.7. The van der Waals surface area contributed by atoms with Gasteiger partial charge in [-0.05, 0) is 149 Å². The molecular formula is C50H45ClF2N2O3. The van der Waals surface area contributed by atoms with Crippen molar-refractivity contribution in [1.29, 1.82) is 0 Å². The zero-order valence-electron chi connectivity index (χ0n) is 32.5. The number of allylic oxidation sites excluding steroid dienone is 1. The molecule has 5 aromatic carbocycles. The molecule has 2 N–H and O–H groups in total. The van der Waals surface area contributed by atoms with E-state index < -0.39 is 5.82 Å². The molecule has 2 heterocycles. The van der Waals surface area contributed by atoms with Crippen molar-refractivity contribution in [2.45, 2.75) is 71.1 Å². The predicted octanol–water partition coefficient (Wildman–Crippen LogP) is 13.3. The molecule has 0 spiro atoms. The highest BCUT2D eigenvalue weighted by molar-refractivity contribution is 6.32. The van der Waals surface area contributed by atoms with Crippen LogP contribution in [0.25, 0.3) is 44.2 Å². The van der Waals surface area contributed by atoms with Crippen molar-refractivity contribution in [3.8, 4) is 17.0 Å². The minimum Gasteiger partial charge on any atom is -0.494 e. The summed E-state index contributed by atoms with van der Waals surface area (Å²) in [5.74, 6) is 0.250. The van der Waals surface area contributed by atoms with E-state index >= 15 is 0 Å².